The zero-order chi connectivity index (χ0) is 29.4. The molecule has 4 N–H and O–H groups in total. The normalized spacial score (nSPS) is 37.1. The van der Waals surface area contributed by atoms with E-state index in [-0.39, 0.29) is 43.7 Å². The van der Waals surface area contributed by atoms with Gasteiger partial charge in [-0.15, -0.1) is 0 Å². The molecule has 0 amide bonds. The van der Waals surface area contributed by atoms with Gasteiger partial charge in [-0.3, -0.25) is 24.9 Å². The van der Waals surface area contributed by atoms with E-state index in [2.05, 4.69) is 44.5 Å². The van der Waals surface area contributed by atoms with Crippen molar-refractivity contribution in [1.82, 2.24) is 35.4 Å². The molecule has 7 atom stereocenters. The van der Waals surface area contributed by atoms with E-state index in [0.29, 0.717) is 29.1 Å². The molecule has 6 rings (SSSR count). The van der Waals surface area contributed by atoms with Crippen LogP contribution in [0.15, 0.2) is 12.4 Å². The third-order valence-electron chi connectivity index (χ3n) is 10.5. The first-order chi connectivity index (χ1) is 20.1. The fourth-order valence-electron chi connectivity index (χ4n) is 7.81. The molecule has 42 heavy (non-hydrogen) atoms. The van der Waals surface area contributed by atoms with Crippen LogP contribution in [0.5, 0.6) is 5.75 Å². The predicted octanol–water partition coefficient (Wildman–Crippen LogP) is 5.36. The van der Waals surface area contributed by atoms with E-state index in [0.717, 1.165) is 32.5 Å². The Kier molecular flexibility index (Phi) is 9.40. The minimum Gasteiger partial charge on any atom is -0.490 e. The number of ether oxygens (including phenoxy) is 1. The Balaban J connectivity index is 1.11. The molecular formula is C30H50F3N7OS. The Morgan fingerprint density at radius 1 is 1.07 bits per heavy atom. The molecule has 8 nitrogen and oxygen atoms in total. The lowest BCUT2D eigenvalue weighted by Gasteiger charge is -2.47. The van der Waals surface area contributed by atoms with Gasteiger partial charge in [-0.05, 0) is 96.9 Å². The Bertz CT molecular complexity index is 1030. The van der Waals surface area contributed by atoms with Crippen molar-refractivity contribution in [3.63, 3.8) is 0 Å². The Morgan fingerprint density at radius 3 is 2.74 bits per heavy atom. The number of aromatic nitrogens is 2. The van der Waals surface area contributed by atoms with E-state index in [9.17, 15) is 13.2 Å². The van der Waals surface area contributed by atoms with Gasteiger partial charge in [-0.25, -0.2) is 0 Å². The lowest BCUT2D eigenvalue weighted by Crippen LogP contribution is -2.60. The van der Waals surface area contributed by atoms with Crippen LogP contribution in [0.25, 0.3) is 0 Å². The lowest BCUT2D eigenvalue weighted by molar-refractivity contribution is -0.190. The van der Waals surface area contributed by atoms with Crippen LogP contribution in [0, 0.1) is 17.3 Å². The zero-order valence-corrected chi connectivity index (χ0v) is 26.0. The van der Waals surface area contributed by atoms with Gasteiger partial charge in [0.25, 0.3) is 0 Å². The summed E-state index contributed by atoms with van der Waals surface area (Å²) in [7, 11) is 0. The monoisotopic (exact) mass is 613 g/mol. The summed E-state index contributed by atoms with van der Waals surface area (Å²) in [4.78, 5) is 2.72. The van der Waals surface area contributed by atoms with Crippen LogP contribution < -0.4 is 25.4 Å². The Hall–Kier alpha value is -1.05. The van der Waals surface area contributed by atoms with Gasteiger partial charge in [0.2, 0.25) is 0 Å². The summed E-state index contributed by atoms with van der Waals surface area (Å²) in [5.74, 6) is 1.70. The molecule has 238 valence electrons. The van der Waals surface area contributed by atoms with E-state index < -0.39 is 11.6 Å². The van der Waals surface area contributed by atoms with Crippen LogP contribution in [-0.4, -0.2) is 70.3 Å². The summed E-state index contributed by atoms with van der Waals surface area (Å²) in [5, 5.41) is 16.5. The lowest BCUT2D eigenvalue weighted by atomic mass is 9.90. The minimum atomic E-state index is -4.14. The highest BCUT2D eigenvalue weighted by Gasteiger charge is 2.62. The van der Waals surface area contributed by atoms with Crippen molar-refractivity contribution in [1.29, 1.82) is 0 Å². The topological polar surface area (TPSA) is 78.4 Å². The molecule has 0 spiro atoms. The molecule has 7 unspecified atom stereocenters. The predicted molar refractivity (Wildman–Crippen MR) is 160 cm³/mol. The van der Waals surface area contributed by atoms with Gasteiger partial charge in [0.15, 0.2) is 5.75 Å². The number of nitrogens with one attached hydrogen (secondary N) is 4. The SMILES string of the molecule is CC1(C)CC2CCCCNC3CCCC(N3)SNCC3CCC(n4cc(OCCC5(C(F)(F)F)CC5)cn4)NC3N1C2. The summed E-state index contributed by atoms with van der Waals surface area (Å²) in [5.41, 5.74) is -1.43. The van der Waals surface area contributed by atoms with Gasteiger partial charge in [-0.1, -0.05) is 18.4 Å². The maximum Gasteiger partial charge on any atom is 0.394 e. The van der Waals surface area contributed by atoms with Gasteiger partial charge in [-0.2, -0.15) is 18.3 Å². The van der Waals surface area contributed by atoms with Gasteiger partial charge in [0.1, 0.15) is 6.17 Å². The van der Waals surface area contributed by atoms with Crippen LogP contribution in [0.4, 0.5) is 13.2 Å². The number of rotatable bonds is 5. The first kappa shape index (κ1) is 31.0. The summed E-state index contributed by atoms with van der Waals surface area (Å²) < 4.78 is 51.3. The van der Waals surface area contributed by atoms with Crippen molar-refractivity contribution in [2.75, 3.05) is 26.2 Å². The highest BCUT2D eigenvalue weighted by atomic mass is 32.2. The van der Waals surface area contributed by atoms with Crippen molar-refractivity contribution in [2.24, 2.45) is 17.3 Å². The molecule has 4 bridgehead atoms. The van der Waals surface area contributed by atoms with Crippen LogP contribution in [0.2, 0.25) is 0 Å². The maximum atomic E-state index is 13.3. The summed E-state index contributed by atoms with van der Waals surface area (Å²) in [6, 6.07) is 0. The molecule has 1 aromatic rings. The molecule has 0 aromatic carbocycles. The van der Waals surface area contributed by atoms with E-state index in [1.54, 1.807) is 6.20 Å². The second-order valence-electron chi connectivity index (χ2n) is 14.1. The molecule has 12 heteroatoms. The summed E-state index contributed by atoms with van der Waals surface area (Å²) in [6.45, 7) is 7.98. The van der Waals surface area contributed by atoms with Gasteiger partial charge < -0.3 is 10.1 Å². The molecule has 1 saturated carbocycles. The largest absolute Gasteiger partial charge is 0.490 e. The molecule has 5 heterocycles. The molecule has 1 aromatic heterocycles. The van der Waals surface area contributed by atoms with Crippen molar-refractivity contribution in [3.05, 3.63) is 12.4 Å². The number of piperidine rings is 2. The van der Waals surface area contributed by atoms with Crippen LogP contribution >= 0.6 is 11.9 Å². The number of alkyl halides is 3. The van der Waals surface area contributed by atoms with Crippen LogP contribution in [0.1, 0.15) is 97.1 Å². The Labute approximate surface area is 253 Å². The fourth-order valence-corrected chi connectivity index (χ4v) is 8.84. The highest BCUT2D eigenvalue weighted by molar-refractivity contribution is 7.98. The van der Waals surface area contributed by atoms with Crippen LogP contribution in [-0.2, 0) is 0 Å². The second kappa shape index (κ2) is 12.7. The summed E-state index contributed by atoms with van der Waals surface area (Å²) >= 11 is 1.85. The number of hydrogen-bond acceptors (Lipinski definition) is 8. The average Bonchev–Trinajstić information content (AvgIpc) is 3.50. The molecule has 0 radical (unpaired) electrons. The van der Waals surface area contributed by atoms with E-state index in [4.69, 9.17) is 4.74 Å². The zero-order valence-electron chi connectivity index (χ0n) is 25.2. The van der Waals surface area contributed by atoms with Crippen molar-refractivity contribution in [3.8, 4) is 5.75 Å². The van der Waals surface area contributed by atoms with Crippen molar-refractivity contribution in [2.45, 2.75) is 126 Å². The third kappa shape index (κ3) is 7.09. The third-order valence-corrected chi connectivity index (χ3v) is 11.5. The number of nitrogens with zero attached hydrogens (tertiary/aromatic N) is 3. The van der Waals surface area contributed by atoms with Gasteiger partial charge in [0.05, 0.1) is 42.1 Å². The van der Waals surface area contributed by atoms with Crippen molar-refractivity contribution < 1.29 is 17.9 Å². The van der Waals surface area contributed by atoms with E-state index in [1.807, 2.05) is 22.8 Å². The summed E-state index contributed by atoms with van der Waals surface area (Å²) in [6.07, 6.45) is 11.1. The number of halogens is 3. The smallest absolute Gasteiger partial charge is 0.394 e. The molecule has 4 aliphatic heterocycles. The number of fused-ring (bicyclic) bond motifs is 6. The second-order valence-corrected chi connectivity index (χ2v) is 15.2. The fraction of sp³-hybridized carbons (Fsp3) is 0.900. The van der Waals surface area contributed by atoms with Crippen molar-refractivity contribution >= 4 is 11.9 Å². The van der Waals surface area contributed by atoms with Crippen LogP contribution in [0.3, 0.4) is 0 Å². The van der Waals surface area contributed by atoms with Gasteiger partial charge >= 0.3 is 6.18 Å². The first-order valence-corrected chi connectivity index (χ1v) is 17.1. The maximum absolute atomic E-state index is 13.3. The molecular weight excluding hydrogens is 563 g/mol. The average molecular weight is 614 g/mol. The molecule has 4 saturated heterocycles. The standard InChI is InChI=1S/C30H50F3N7OS/c1-28(2)16-21-6-3-4-14-34-24-7-5-8-26(37-24)42-36-17-22-9-10-25(38-27(22)39(28)19-21)40-20-23(18-35-40)41-15-13-29(11-12-29)30(31,32)33/h18,20-22,24-27,34,36-38H,3-17,19H2,1-2H3. The first-order valence-electron chi connectivity index (χ1n) is 16.3. The Morgan fingerprint density at radius 2 is 1.93 bits per heavy atom. The highest BCUT2D eigenvalue weighted by Crippen LogP contribution is 2.59. The quantitative estimate of drug-likeness (QED) is 0.331. The van der Waals surface area contributed by atoms with E-state index >= 15 is 0 Å². The number of hydrogen-bond donors (Lipinski definition) is 4. The minimum absolute atomic E-state index is 0.0108. The molecule has 5 aliphatic rings. The molecule has 5 fully saturated rings. The van der Waals surface area contributed by atoms with E-state index in [1.165, 1.54) is 44.9 Å². The molecule has 1 aliphatic carbocycles. The van der Waals surface area contributed by atoms with Gasteiger partial charge in [0, 0.05) is 24.5 Å².